The first-order valence-corrected chi connectivity index (χ1v) is 5.60. The Hall–Kier alpha value is -0.383. The molecule has 0 saturated carbocycles. The van der Waals surface area contributed by atoms with Gasteiger partial charge in [0.2, 0.25) is 0 Å². The summed E-state index contributed by atoms with van der Waals surface area (Å²) in [6.45, 7) is 8.99. The first-order chi connectivity index (χ1) is 6.79. The molecule has 0 aromatic heterocycles. The van der Waals surface area contributed by atoms with E-state index in [0.717, 1.165) is 0 Å². The second-order valence-corrected chi connectivity index (χ2v) is 3.77. The standard InChI is InChI=1S/C13H21N.Li/c1-4-10-14(11-5-2)13-9-7-6-8-12(13)3;/h6-9H,4-5,10-11H2,1-3H3;/q;+1. The van der Waals surface area contributed by atoms with Crippen LogP contribution >= 0.6 is 0 Å². The van der Waals surface area contributed by atoms with Crippen molar-refractivity contribution in [3.8, 4) is 0 Å². The molecule has 1 aromatic carbocycles. The minimum atomic E-state index is 0. The van der Waals surface area contributed by atoms with Gasteiger partial charge in [-0.2, -0.15) is 0 Å². The molecule has 0 spiro atoms. The number of aryl methyl sites for hydroxylation is 1. The Bertz CT molecular complexity index is 267. The van der Waals surface area contributed by atoms with Crippen LogP contribution in [-0.2, 0) is 0 Å². The molecule has 0 amide bonds. The maximum Gasteiger partial charge on any atom is 1.00 e. The van der Waals surface area contributed by atoms with Gasteiger partial charge in [-0.3, -0.25) is 0 Å². The zero-order valence-corrected chi connectivity index (χ0v) is 10.6. The molecule has 0 aliphatic carbocycles. The molecule has 78 valence electrons. The van der Waals surface area contributed by atoms with Crippen molar-refractivity contribution in [2.75, 3.05) is 18.0 Å². The summed E-state index contributed by atoms with van der Waals surface area (Å²) in [6.07, 6.45) is 2.43. The normalized spacial score (nSPS) is 9.53. The smallest absolute Gasteiger partial charge is 0.371 e. The predicted molar refractivity (Wildman–Crippen MR) is 64.0 cm³/mol. The minimum absolute atomic E-state index is 0. The van der Waals surface area contributed by atoms with Crippen molar-refractivity contribution < 1.29 is 18.9 Å². The van der Waals surface area contributed by atoms with E-state index in [9.17, 15) is 0 Å². The second-order valence-electron chi connectivity index (χ2n) is 3.77. The maximum absolute atomic E-state index is 2.48. The zero-order chi connectivity index (χ0) is 10.4. The summed E-state index contributed by atoms with van der Waals surface area (Å²) >= 11 is 0. The Labute approximate surface area is 106 Å². The fraction of sp³-hybridized carbons (Fsp3) is 0.538. The predicted octanol–water partition coefficient (Wildman–Crippen LogP) is 0.625. The Morgan fingerprint density at radius 2 is 1.53 bits per heavy atom. The quantitative estimate of drug-likeness (QED) is 0.627. The van der Waals surface area contributed by atoms with Gasteiger partial charge in [0.1, 0.15) is 0 Å². The Kier molecular flexibility index (Phi) is 7.65. The van der Waals surface area contributed by atoms with E-state index >= 15 is 0 Å². The number of hydrogen-bond donors (Lipinski definition) is 0. The number of nitrogens with zero attached hydrogens (tertiary/aromatic N) is 1. The zero-order valence-electron chi connectivity index (χ0n) is 10.6. The summed E-state index contributed by atoms with van der Waals surface area (Å²) in [5.41, 5.74) is 2.78. The third kappa shape index (κ3) is 4.32. The van der Waals surface area contributed by atoms with Gasteiger partial charge >= 0.3 is 18.9 Å². The van der Waals surface area contributed by atoms with Crippen molar-refractivity contribution in [2.24, 2.45) is 0 Å². The van der Waals surface area contributed by atoms with Crippen LogP contribution in [0.5, 0.6) is 0 Å². The molecule has 0 heterocycles. The molecule has 0 unspecified atom stereocenters. The summed E-state index contributed by atoms with van der Waals surface area (Å²) < 4.78 is 0. The summed E-state index contributed by atoms with van der Waals surface area (Å²) in [7, 11) is 0. The number of rotatable bonds is 5. The average molecular weight is 198 g/mol. The van der Waals surface area contributed by atoms with Gasteiger partial charge in [0.05, 0.1) is 0 Å². The first kappa shape index (κ1) is 14.6. The summed E-state index contributed by atoms with van der Waals surface area (Å²) in [4.78, 5) is 2.48. The van der Waals surface area contributed by atoms with Crippen LogP contribution in [0.3, 0.4) is 0 Å². The van der Waals surface area contributed by atoms with Crippen LogP contribution in [-0.4, -0.2) is 13.1 Å². The average Bonchev–Trinajstić information content (AvgIpc) is 2.18. The molecule has 0 N–H and O–H groups in total. The monoisotopic (exact) mass is 198 g/mol. The molecule has 15 heavy (non-hydrogen) atoms. The summed E-state index contributed by atoms with van der Waals surface area (Å²) in [5, 5.41) is 0. The van der Waals surface area contributed by atoms with E-state index in [1.54, 1.807) is 0 Å². The molecule has 0 atom stereocenters. The van der Waals surface area contributed by atoms with Crippen LogP contribution in [0.1, 0.15) is 32.3 Å². The molecule has 2 heteroatoms. The number of para-hydroxylation sites is 1. The van der Waals surface area contributed by atoms with Gasteiger partial charge in [0.15, 0.2) is 0 Å². The van der Waals surface area contributed by atoms with Crippen LogP contribution in [0.4, 0.5) is 5.69 Å². The molecule has 0 bridgehead atoms. The van der Waals surface area contributed by atoms with Crippen molar-refractivity contribution in [3.63, 3.8) is 0 Å². The van der Waals surface area contributed by atoms with E-state index in [4.69, 9.17) is 0 Å². The largest absolute Gasteiger partial charge is 1.00 e. The number of benzene rings is 1. The molecule has 0 fully saturated rings. The molecule has 0 aliphatic rings. The SMILES string of the molecule is CCCN(CCC)c1ccccc1C.[Li+]. The van der Waals surface area contributed by atoms with Crippen molar-refractivity contribution in [2.45, 2.75) is 33.6 Å². The van der Waals surface area contributed by atoms with Crippen molar-refractivity contribution >= 4 is 5.69 Å². The summed E-state index contributed by atoms with van der Waals surface area (Å²) in [5.74, 6) is 0. The fourth-order valence-corrected chi connectivity index (χ4v) is 1.81. The topological polar surface area (TPSA) is 3.24 Å². The van der Waals surface area contributed by atoms with E-state index < -0.39 is 0 Å². The fourth-order valence-electron chi connectivity index (χ4n) is 1.81. The van der Waals surface area contributed by atoms with Crippen molar-refractivity contribution in [1.29, 1.82) is 0 Å². The van der Waals surface area contributed by atoms with E-state index in [1.807, 2.05) is 0 Å². The molecule has 1 rings (SSSR count). The third-order valence-electron chi connectivity index (χ3n) is 2.44. The van der Waals surface area contributed by atoms with Gasteiger partial charge in [0, 0.05) is 18.8 Å². The Morgan fingerprint density at radius 1 is 1.00 bits per heavy atom. The van der Waals surface area contributed by atoms with Gasteiger partial charge in [0.25, 0.3) is 0 Å². The van der Waals surface area contributed by atoms with E-state index in [-0.39, 0.29) is 18.9 Å². The van der Waals surface area contributed by atoms with Gasteiger partial charge in [-0.25, -0.2) is 0 Å². The van der Waals surface area contributed by atoms with E-state index in [0.29, 0.717) is 0 Å². The molecule has 0 radical (unpaired) electrons. The van der Waals surface area contributed by atoms with Crippen LogP contribution in [0, 0.1) is 6.92 Å². The maximum atomic E-state index is 2.48. The van der Waals surface area contributed by atoms with Crippen LogP contribution in [0.25, 0.3) is 0 Å². The second kappa shape index (κ2) is 7.85. The van der Waals surface area contributed by atoms with Crippen LogP contribution in [0.2, 0.25) is 0 Å². The molecular weight excluding hydrogens is 177 g/mol. The summed E-state index contributed by atoms with van der Waals surface area (Å²) in [6, 6.07) is 8.64. The van der Waals surface area contributed by atoms with Crippen LogP contribution < -0.4 is 23.8 Å². The van der Waals surface area contributed by atoms with Gasteiger partial charge < -0.3 is 4.90 Å². The Morgan fingerprint density at radius 3 is 2.00 bits per heavy atom. The van der Waals surface area contributed by atoms with Gasteiger partial charge in [-0.1, -0.05) is 32.0 Å². The van der Waals surface area contributed by atoms with E-state index in [1.165, 1.54) is 37.2 Å². The number of hydrogen-bond acceptors (Lipinski definition) is 1. The minimum Gasteiger partial charge on any atom is -0.371 e. The van der Waals surface area contributed by atoms with Gasteiger partial charge in [-0.15, -0.1) is 0 Å². The van der Waals surface area contributed by atoms with E-state index in [2.05, 4.69) is 49.9 Å². The molecular formula is C13H21LiN+. The Balaban J connectivity index is 0.00000196. The van der Waals surface area contributed by atoms with Gasteiger partial charge in [-0.05, 0) is 31.4 Å². The first-order valence-electron chi connectivity index (χ1n) is 5.60. The third-order valence-corrected chi connectivity index (χ3v) is 2.44. The van der Waals surface area contributed by atoms with Crippen molar-refractivity contribution in [1.82, 2.24) is 0 Å². The number of anilines is 1. The molecule has 1 aromatic rings. The van der Waals surface area contributed by atoms with Crippen LogP contribution in [0.15, 0.2) is 24.3 Å². The van der Waals surface area contributed by atoms with Crippen molar-refractivity contribution in [3.05, 3.63) is 29.8 Å². The molecule has 0 saturated heterocycles. The molecule has 0 aliphatic heterocycles. The molecule has 1 nitrogen and oxygen atoms in total.